The number of hydrogen-bond acceptors (Lipinski definition) is 6. The lowest BCUT2D eigenvalue weighted by Gasteiger charge is -2.32. The molecule has 0 aromatic carbocycles. The second kappa shape index (κ2) is 8.89. The minimum absolute atomic E-state index is 0.0573. The standard InChI is InChI=1S/C13H24NO6/c1-6-17-8-9-19-13(14-10-15,18-7-2)11(16)20-12(3,4)5/h6-9H2,1-5H3,(H,14,15). The molecule has 1 amide bonds. The monoisotopic (exact) mass is 290 g/mol. The average molecular weight is 290 g/mol. The van der Waals surface area contributed by atoms with Gasteiger partial charge in [0.1, 0.15) is 5.60 Å². The van der Waals surface area contributed by atoms with Crippen LogP contribution in [0.15, 0.2) is 0 Å². The summed E-state index contributed by atoms with van der Waals surface area (Å²) in [4.78, 5) is 22.8. The lowest BCUT2D eigenvalue weighted by Crippen LogP contribution is -2.58. The van der Waals surface area contributed by atoms with Crippen molar-refractivity contribution < 1.29 is 28.5 Å². The number of ether oxygens (including phenoxy) is 4. The molecule has 1 unspecified atom stereocenters. The van der Waals surface area contributed by atoms with E-state index in [2.05, 4.69) is 5.32 Å². The molecule has 0 aromatic rings. The largest absolute Gasteiger partial charge is 0.454 e. The van der Waals surface area contributed by atoms with Crippen molar-refractivity contribution >= 4 is 12.4 Å². The third-order valence-corrected chi connectivity index (χ3v) is 1.97. The Labute approximate surface area is 119 Å². The topological polar surface area (TPSA) is 83.1 Å². The lowest BCUT2D eigenvalue weighted by molar-refractivity contribution is -0.262. The van der Waals surface area contributed by atoms with Gasteiger partial charge in [-0.25, -0.2) is 4.79 Å². The molecule has 0 aliphatic carbocycles. The van der Waals surface area contributed by atoms with E-state index in [-0.39, 0.29) is 19.8 Å². The van der Waals surface area contributed by atoms with Crippen LogP contribution in [0.3, 0.4) is 0 Å². The van der Waals surface area contributed by atoms with Crippen LogP contribution in [0.2, 0.25) is 0 Å². The van der Waals surface area contributed by atoms with Crippen molar-refractivity contribution in [3.63, 3.8) is 0 Å². The van der Waals surface area contributed by atoms with Crippen LogP contribution < -0.4 is 5.32 Å². The third-order valence-electron chi connectivity index (χ3n) is 1.97. The van der Waals surface area contributed by atoms with E-state index in [1.807, 2.05) is 6.92 Å². The molecule has 7 heteroatoms. The molecule has 0 heterocycles. The zero-order valence-electron chi connectivity index (χ0n) is 12.8. The van der Waals surface area contributed by atoms with Crippen LogP contribution in [0.1, 0.15) is 34.6 Å². The number of carbonyl (C=O) groups excluding carboxylic acids is 2. The van der Waals surface area contributed by atoms with Crippen molar-refractivity contribution in [3.05, 3.63) is 0 Å². The van der Waals surface area contributed by atoms with E-state index in [1.165, 1.54) is 6.41 Å². The van der Waals surface area contributed by atoms with E-state index in [4.69, 9.17) is 18.9 Å². The Morgan fingerprint density at radius 1 is 1.10 bits per heavy atom. The van der Waals surface area contributed by atoms with Crippen molar-refractivity contribution in [2.75, 3.05) is 26.4 Å². The Balaban J connectivity index is 4.89. The summed E-state index contributed by atoms with van der Waals surface area (Å²) in [5.74, 6) is -2.84. The molecule has 117 valence electrons. The summed E-state index contributed by atoms with van der Waals surface area (Å²) >= 11 is 0. The van der Waals surface area contributed by atoms with E-state index in [0.29, 0.717) is 6.61 Å². The van der Waals surface area contributed by atoms with Crippen LogP contribution in [-0.4, -0.2) is 50.3 Å². The molecular weight excluding hydrogens is 266 g/mol. The molecule has 0 rings (SSSR count). The summed E-state index contributed by atoms with van der Waals surface area (Å²) in [6.07, 6.45) is 1.41. The van der Waals surface area contributed by atoms with Gasteiger partial charge in [0.2, 0.25) is 0 Å². The first-order valence-electron chi connectivity index (χ1n) is 6.54. The minimum atomic E-state index is -2.00. The third kappa shape index (κ3) is 6.83. The van der Waals surface area contributed by atoms with Gasteiger partial charge in [-0.1, -0.05) is 0 Å². The predicted molar refractivity (Wildman–Crippen MR) is 71.5 cm³/mol. The first-order valence-corrected chi connectivity index (χ1v) is 6.54. The van der Waals surface area contributed by atoms with Crippen LogP contribution in [0.5, 0.6) is 0 Å². The maximum atomic E-state index is 12.2. The summed E-state index contributed by atoms with van der Waals surface area (Å²) in [6, 6.07) is 0. The van der Waals surface area contributed by atoms with Crippen molar-refractivity contribution in [1.82, 2.24) is 5.32 Å². The SMILES string of the molecule is CCOCCOC(N[C]=O)(OCC)C(=O)OC(C)(C)C. The van der Waals surface area contributed by atoms with Crippen molar-refractivity contribution in [2.45, 2.75) is 46.1 Å². The number of carbonyl (C=O) groups is 1. The van der Waals surface area contributed by atoms with Gasteiger partial charge < -0.3 is 18.9 Å². The van der Waals surface area contributed by atoms with Gasteiger partial charge in [0.05, 0.1) is 13.2 Å². The van der Waals surface area contributed by atoms with Crippen LogP contribution >= 0.6 is 0 Å². The summed E-state index contributed by atoms with van der Waals surface area (Å²) in [5, 5.41) is 2.12. The second-order valence-corrected chi connectivity index (χ2v) is 4.82. The van der Waals surface area contributed by atoms with Gasteiger partial charge in [-0.3, -0.25) is 10.1 Å². The van der Waals surface area contributed by atoms with E-state index in [0.717, 1.165) is 0 Å². The fourth-order valence-electron chi connectivity index (χ4n) is 1.29. The van der Waals surface area contributed by atoms with E-state index >= 15 is 0 Å². The number of nitrogens with one attached hydrogen (secondary N) is 1. The molecule has 1 atom stereocenters. The van der Waals surface area contributed by atoms with Crippen molar-refractivity contribution in [1.29, 1.82) is 0 Å². The maximum Gasteiger partial charge on any atom is 0.391 e. The molecule has 0 saturated carbocycles. The molecule has 0 aliphatic heterocycles. The van der Waals surface area contributed by atoms with Crippen LogP contribution in [0.4, 0.5) is 0 Å². The highest BCUT2D eigenvalue weighted by atomic mass is 16.7. The molecule has 0 fully saturated rings. The van der Waals surface area contributed by atoms with Crippen LogP contribution in [-0.2, 0) is 28.5 Å². The molecule has 0 spiro atoms. The molecule has 0 aromatic heterocycles. The van der Waals surface area contributed by atoms with Crippen LogP contribution in [0.25, 0.3) is 0 Å². The quantitative estimate of drug-likeness (QED) is 0.276. The Kier molecular flexibility index (Phi) is 8.36. The maximum absolute atomic E-state index is 12.2. The summed E-state index contributed by atoms with van der Waals surface area (Å²) in [7, 11) is 0. The summed E-state index contributed by atoms with van der Waals surface area (Å²) in [6.45, 7) is 9.58. The van der Waals surface area contributed by atoms with E-state index in [9.17, 15) is 9.59 Å². The Bertz CT molecular complexity index is 302. The molecule has 0 saturated heterocycles. The molecule has 20 heavy (non-hydrogen) atoms. The second-order valence-electron chi connectivity index (χ2n) is 4.82. The first-order chi connectivity index (χ1) is 9.31. The normalized spacial score (nSPS) is 14.4. The molecule has 1 N–H and O–H groups in total. The fourth-order valence-corrected chi connectivity index (χ4v) is 1.29. The highest BCUT2D eigenvalue weighted by Crippen LogP contribution is 2.17. The summed E-state index contributed by atoms with van der Waals surface area (Å²) < 4.78 is 20.9. The molecule has 0 aliphatic rings. The zero-order valence-corrected chi connectivity index (χ0v) is 12.8. The number of amides is 1. The fraction of sp³-hybridized carbons (Fsp3) is 0.846. The lowest BCUT2D eigenvalue weighted by atomic mass is 10.2. The van der Waals surface area contributed by atoms with Crippen LogP contribution in [0, 0.1) is 0 Å². The van der Waals surface area contributed by atoms with Gasteiger partial charge in [-0.05, 0) is 34.6 Å². The van der Waals surface area contributed by atoms with Gasteiger partial charge >= 0.3 is 18.3 Å². The van der Waals surface area contributed by atoms with Crippen molar-refractivity contribution in [3.8, 4) is 0 Å². The summed E-state index contributed by atoms with van der Waals surface area (Å²) in [5.41, 5.74) is -0.743. The van der Waals surface area contributed by atoms with Gasteiger partial charge in [0.15, 0.2) is 0 Å². The first kappa shape index (κ1) is 18.8. The Morgan fingerprint density at radius 2 is 1.75 bits per heavy atom. The highest BCUT2D eigenvalue weighted by molar-refractivity contribution is 5.80. The van der Waals surface area contributed by atoms with Gasteiger partial charge in [-0.15, -0.1) is 0 Å². The molecule has 1 radical (unpaired) electrons. The molecule has 0 bridgehead atoms. The van der Waals surface area contributed by atoms with Gasteiger partial charge in [0, 0.05) is 13.2 Å². The van der Waals surface area contributed by atoms with E-state index in [1.54, 1.807) is 27.7 Å². The number of esters is 1. The Morgan fingerprint density at radius 3 is 2.20 bits per heavy atom. The Hall–Kier alpha value is -1.18. The highest BCUT2D eigenvalue weighted by Gasteiger charge is 2.45. The number of rotatable bonds is 10. The molecular formula is C13H24NO6. The average Bonchev–Trinajstić information content (AvgIpc) is 2.33. The smallest absolute Gasteiger partial charge is 0.391 e. The van der Waals surface area contributed by atoms with Crippen molar-refractivity contribution in [2.24, 2.45) is 0 Å². The van der Waals surface area contributed by atoms with Gasteiger partial charge in [0.25, 0.3) is 0 Å². The minimum Gasteiger partial charge on any atom is -0.454 e. The predicted octanol–water partition coefficient (Wildman–Crippen LogP) is 0.728. The van der Waals surface area contributed by atoms with Gasteiger partial charge in [-0.2, -0.15) is 0 Å². The van der Waals surface area contributed by atoms with E-state index < -0.39 is 17.5 Å². The molecule has 7 nitrogen and oxygen atoms in total. The zero-order chi connectivity index (χ0) is 15.6. The number of hydrogen-bond donors (Lipinski definition) is 1.